The first-order valence-electron chi connectivity index (χ1n) is 1.90. The van der Waals surface area contributed by atoms with Crippen LogP contribution >= 0.6 is 0 Å². The summed E-state index contributed by atoms with van der Waals surface area (Å²) in [7, 11) is 0. The minimum absolute atomic E-state index is 0.235. The van der Waals surface area contributed by atoms with Gasteiger partial charge >= 0.3 is 5.97 Å². The van der Waals surface area contributed by atoms with Crippen LogP contribution in [0.5, 0.6) is 0 Å². The molecule has 0 aromatic rings. The standard InChI is InChI=1S/C3H6N2O3/c4-1-3(7)8-5-2-6/h2H,1,4H2,(H,5,6). The van der Waals surface area contributed by atoms with Gasteiger partial charge < -0.3 is 10.6 Å². The van der Waals surface area contributed by atoms with Gasteiger partial charge in [0.25, 0.3) is 0 Å². The molecule has 0 fully saturated rings. The van der Waals surface area contributed by atoms with Crippen LogP contribution in [-0.2, 0) is 14.4 Å². The lowest BCUT2D eigenvalue weighted by atomic mass is 10.7. The molecule has 0 spiro atoms. The van der Waals surface area contributed by atoms with Crippen molar-refractivity contribution in [3.05, 3.63) is 0 Å². The molecule has 0 atom stereocenters. The van der Waals surface area contributed by atoms with Gasteiger partial charge in [-0.15, -0.1) is 0 Å². The van der Waals surface area contributed by atoms with Gasteiger partial charge in [-0.05, 0) is 0 Å². The molecule has 1 amide bonds. The van der Waals surface area contributed by atoms with E-state index in [1.54, 1.807) is 5.48 Å². The van der Waals surface area contributed by atoms with Crippen LogP contribution in [0.2, 0.25) is 0 Å². The van der Waals surface area contributed by atoms with Crippen LogP contribution in [0.4, 0.5) is 0 Å². The van der Waals surface area contributed by atoms with Crippen molar-refractivity contribution in [1.29, 1.82) is 0 Å². The highest BCUT2D eigenvalue weighted by atomic mass is 16.7. The van der Waals surface area contributed by atoms with Gasteiger partial charge in [0.1, 0.15) is 0 Å². The summed E-state index contributed by atoms with van der Waals surface area (Å²) in [6.45, 7) is -0.235. The largest absolute Gasteiger partial charge is 0.345 e. The fourth-order valence-corrected chi connectivity index (χ4v) is 0.131. The normalized spacial score (nSPS) is 7.62. The summed E-state index contributed by atoms with van der Waals surface area (Å²) >= 11 is 0. The first kappa shape index (κ1) is 6.90. The van der Waals surface area contributed by atoms with Gasteiger partial charge in [0.05, 0.1) is 6.54 Å². The Bertz CT molecular complexity index is 92.5. The number of nitrogens with one attached hydrogen (secondary N) is 1. The lowest BCUT2D eigenvalue weighted by molar-refractivity contribution is -0.152. The Hall–Kier alpha value is -1.10. The minimum Gasteiger partial charge on any atom is -0.340 e. The lowest BCUT2D eigenvalue weighted by Gasteiger charge is -1.94. The van der Waals surface area contributed by atoms with Crippen molar-refractivity contribution < 1.29 is 14.4 Å². The Kier molecular flexibility index (Phi) is 3.51. The molecule has 0 bridgehead atoms. The molecule has 0 unspecified atom stereocenters. The number of nitrogens with two attached hydrogens (primary N) is 1. The van der Waals surface area contributed by atoms with Crippen molar-refractivity contribution in [3.63, 3.8) is 0 Å². The summed E-state index contributed by atoms with van der Waals surface area (Å²) in [5, 5.41) is 0. The van der Waals surface area contributed by atoms with Crippen LogP contribution in [0.15, 0.2) is 0 Å². The maximum absolute atomic E-state index is 10.0. The van der Waals surface area contributed by atoms with Gasteiger partial charge in [0.2, 0.25) is 6.41 Å². The highest BCUT2D eigenvalue weighted by Crippen LogP contribution is 1.62. The molecule has 0 saturated carbocycles. The average Bonchev–Trinajstić information content (AvgIpc) is 1.83. The predicted molar refractivity (Wildman–Crippen MR) is 24.3 cm³/mol. The van der Waals surface area contributed by atoms with Crippen LogP contribution in [0, 0.1) is 0 Å². The molecule has 5 nitrogen and oxygen atoms in total. The molecule has 0 saturated heterocycles. The zero-order chi connectivity index (χ0) is 6.41. The molecule has 0 rings (SSSR count). The van der Waals surface area contributed by atoms with Crippen molar-refractivity contribution >= 4 is 12.4 Å². The topological polar surface area (TPSA) is 81.4 Å². The molecule has 0 aliphatic carbocycles. The van der Waals surface area contributed by atoms with Gasteiger partial charge in [0, 0.05) is 0 Å². The number of hydrogen-bond acceptors (Lipinski definition) is 4. The van der Waals surface area contributed by atoms with E-state index in [4.69, 9.17) is 5.73 Å². The Labute approximate surface area is 45.7 Å². The van der Waals surface area contributed by atoms with E-state index >= 15 is 0 Å². The Morgan fingerprint density at radius 1 is 1.88 bits per heavy atom. The summed E-state index contributed by atoms with van der Waals surface area (Å²) in [4.78, 5) is 23.4. The molecule has 5 heteroatoms. The van der Waals surface area contributed by atoms with Gasteiger partial charge in [-0.25, -0.2) is 4.79 Å². The maximum Gasteiger partial charge on any atom is 0.345 e. The molecule has 0 aromatic heterocycles. The third-order valence-corrected chi connectivity index (χ3v) is 0.388. The van der Waals surface area contributed by atoms with E-state index in [1.165, 1.54) is 0 Å². The van der Waals surface area contributed by atoms with Crippen molar-refractivity contribution in [2.24, 2.45) is 5.73 Å². The Morgan fingerprint density at radius 3 is 2.88 bits per heavy atom. The summed E-state index contributed by atoms with van der Waals surface area (Å²) in [5.41, 5.74) is 6.47. The van der Waals surface area contributed by atoms with Crippen molar-refractivity contribution in [1.82, 2.24) is 5.48 Å². The third-order valence-electron chi connectivity index (χ3n) is 0.388. The zero-order valence-corrected chi connectivity index (χ0v) is 4.09. The summed E-state index contributed by atoms with van der Waals surface area (Å²) in [6.07, 6.45) is 0.244. The number of hydrogen-bond donors (Lipinski definition) is 2. The van der Waals surface area contributed by atoms with Crippen molar-refractivity contribution in [3.8, 4) is 0 Å². The van der Waals surface area contributed by atoms with E-state index in [0.29, 0.717) is 0 Å². The second-order valence-corrected chi connectivity index (χ2v) is 0.914. The number of carbonyl (C=O) groups is 2. The van der Waals surface area contributed by atoms with Crippen molar-refractivity contribution in [2.75, 3.05) is 6.54 Å². The molecular formula is C3H6N2O3. The monoisotopic (exact) mass is 118 g/mol. The first-order valence-corrected chi connectivity index (χ1v) is 1.90. The second kappa shape index (κ2) is 4.07. The molecule has 0 aromatic carbocycles. The van der Waals surface area contributed by atoms with Crippen LogP contribution < -0.4 is 11.2 Å². The first-order chi connectivity index (χ1) is 3.81. The summed E-state index contributed by atoms with van der Waals surface area (Å²) in [6, 6.07) is 0. The second-order valence-electron chi connectivity index (χ2n) is 0.914. The number of hydroxylamine groups is 1. The Balaban J connectivity index is 3.11. The molecule has 0 aliphatic rings. The maximum atomic E-state index is 10.0. The highest BCUT2D eigenvalue weighted by molar-refractivity contribution is 5.71. The molecule has 0 heterocycles. The van der Waals surface area contributed by atoms with Gasteiger partial charge in [-0.2, -0.15) is 5.48 Å². The molecular weight excluding hydrogens is 112 g/mol. The lowest BCUT2D eigenvalue weighted by Crippen LogP contribution is -2.24. The summed E-state index contributed by atoms with van der Waals surface area (Å²) in [5.74, 6) is -0.669. The molecule has 8 heavy (non-hydrogen) atoms. The van der Waals surface area contributed by atoms with Crippen LogP contribution in [-0.4, -0.2) is 18.9 Å². The Morgan fingerprint density at radius 2 is 2.50 bits per heavy atom. The smallest absolute Gasteiger partial charge is 0.340 e. The number of carbonyl (C=O) groups excluding carboxylic acids is 2. The molecule has 0 aliphatic heterocycles. The van der Waals surface area contributed by atoms with Crippen molar-refractivity contribution in [2.45, 2.75) is 0 Å². The SMILES string of the molecule is NCC(=O)ONC=O. The van der Waals surface area contributed by atoms with Gasteiger partial charge in [0.15, 0.2) is 0 Å². The van der Waals surface area contributed by atoms with E-state index in [1.807, 2.05) is 0 Å². The van der Waals surface area contributed by atoms with E-state index in [0.717, 1.165) is 0 Å². The quantitative estimate of drug-likeness (QED) is 0.336. The van der Waals surface area contributed by atoms with Crippen LogP contribution in [0.25, 0.3) is 0 Å². The summed E-state index contributed by atoms with van der Waals surface area (Å²) < 4.78 is 0. The fourth-order valence-electron chi connectivity index (χ4n) is 0.131. The van der Waals surface area contributed by atoms with Crippen LogP contribution in [0.1, 0.15) is 0 Å². The predicted octanol–water partition coefficient (Wildman–Crippen LogP) is -1.85. The molecule has 46 valence electrons. The van der Waals surface area contributed by atoms with Gasteiger partial charge in [-0.1, -0.05) is 0 Å². The van der Waals surface area contributed by atoms with E-state index in [-0.39, 0.29) is 13.0 Å². The average molecular weight is 118 g/mol. The third kappa shape index (κ3) is 3.10. The van der Waals surface area contributed by atoms with Gasteiger partial charge in [-0.3, -0.25) is 4.79 Å². The number of amides is 1. The number of rotatable bonds is 3. The van der Waals surface area contributed by atoms with E-state index < -0.39 is 5.97 Å². The zero-order valence-electron chi connectivity index (χ0n) is 4.09. The van der Waals surface area contributed by atoms with E-state index in [9.17, 15) is 9.59 Å². The minimum atomic E-state index is -0.669. The van der Waals surface area contributed by atoms with Crippen LogP contribution in [0.3, 0.4) is 0 Å². The fraction of sp³-hybridized carbons (Fsp3) is 0.333. The highest BCUT2D eigenvalue weighted by Gasteiger charge is 1.93. The van der Waals surface area contributed by atoms with E-state index in [2.05, 4.69) is 4.84 Å². The molecule has 0 radical (unpaired) electrons. The molecule has 3 N–H and O–H groups in total.